The second-order valence-corrected chi connectivity index (χ2v) is 5.88. The summed E-state index contributed by atoms with van der Waals surface area (Å²) >= 11 is 5.98. The molecule has 0 bridgehead atoms. The number of anilines is 1. The lowest BCUT2D eigenvalue weighted by atomic mass is 10.2. The van der Waals surface area contributed by atoms with Crippen molar-refractivity contribution in [2.45, 2.75) is 33.2 Å². The largest absolute Gasteiger partial charge is 0.351 e. The van der Waals surface area contributed by atoms with E-state index in [1.165, 1.54) is 21.8 Å². The van der Waals surface area contributed by atoms with E-state index in [4.69, 9.17) is 11.6 Å². The molecule has 0 saturated carbocycles. The number of aryl methyl sites for hydroxylation is 1. The summed E-state index contributed by atoms with van der Waals surface area (Å²) in [4.78, 5) is 24.7. The number of rotatable bonds is 6. The predicted octanol–water partition coefficient (Wildman–Crippen LogP) is 1.92. The van der Waals surface area contributed by atoms with Gasteiger partial charge in [-0.25, -0.2) is 0 Å². The number of carbonyl (C=O) groups excluding carboxylic acids is 2. The Balaban J connectivity index is 2.17. The SMILES string of the molecule is CCCNC(=O)c1c(NC(=O)[C@H](C)n2ncc(Cl)c2C)cnn1C. The number of nitrogens with zero attached hydrogens (tertiary/aromatic N) is 4. The van der Waals surface area contributed by atoms with Gasteiger partial charge in [-0.15, -0.1) is 0 Å². The molecule has 2 aromatic rings. The molecule has 2 rings (SSSR count). The van der Waals surface area contributed by atoms with Crippen molar-refractivity contribution in [1.29, 1.82) is 0 Å². The highest BCUT2D eigenvalue weighted by Gasteiger charge is 2.23. The first-order valence-electron chi connectivity index (χ1n) is 7.67. The normalized spacial score (nSPS) is 12.0. The second-order valence-electron chi connectivity index (χ2n) is 5.47. The minimum atomic E-state index is -0.579. The maximum Gasteiger partial charge on any atom is 0.271 e. The summed E-state index contributed by atoms with van der Waals surface area (Å²) in [5, 5.41) is 14.2. The van der Waals surface area contributed by atoms with E-state index < -0.39 is 6.04 Å². The molecule has 130 valence electrons. The lowest BCUT2D eigenvalue weighted by molar-refractivity contribution is -0.119. The molecule has 2 N–H and O–H groups in total. The minimum absolute atomic E-state index is 0.280. The van der Waals surface area contributed by atoms with Crippen LogP contribution in [0.1, 0.15) is 42.5 Å². The zero-order valence-corrected chi connectivity index (χ0v) is 14.9. The van der Waals surface area contributed by atoms with Crippen LogP contribution < -0.4 is 10.6 Å². The number of aromatic nitrogens is 4. The number of amides is 2. The highest BCUT2D eigenvalue weighted by atomic mass is 35.5. The number of carbonyl (C=O) groups is 2. The summed E-state index contributed by atoms with van der Waals surface area (Å²) in [5.41, 5.74) is 1.37. The van der Waals surface area contributed by atoms with E-state index in [1.807, 2.05) is 6.92 Å². The maximum atomic E-state index is 12.5. The van der Waals surface area contributed by atoms with Crippen LogP contribution in [0.2, 0.25) is 5.02 Å². The number of halogens is 1. The van der Waals surface area contributed by atoms with Crippen LogP contribution >= 0.6 is 11.6 Å². The van der Waals surface area contributed by atoms with Crippen molar-refractivity contribution in [3.05, 3.63) is 28.8 Å². The summed E-state index contributed by atoms with van der Waals surface area (Å²) < 4.78 is 2.96. The first-order valence-corrected chi connectivity index (χ1v) is 8.05. The van der Waals surface area contributed by atoms with Crippen molar-refractivity contribution < 1.29 is 9.59 Å². The second kappa shape index (κ2) is 7.48. The molecule has 2 amide bonds. The Morgan fingerprint density at radius 1 is 1.33 bits per heavy atom. The molecule has 2 heterocycles. The Morgan fingerprint density at radius 3 is 2.62 bits per heavy atom. The standard InChI is InChI=1S/C15H21ClN6O2/c1-5-6-17-15(24)13-12(8-18-21(13)4)20-14(23)10(3)22-9(2)11(16)7-19-22/h7-8,10H,5-6H2,1-4H3,(H,17,24)(H,20,23)/t10-/m0/s1. The Kier molecular flexibility index (Phi) is 5.61. The molecule has 0 aromatic carbocycles. The number of nitrogens with one attached hydrogen (secondary N) is 2. The average molecular weight is 353 g/mol. The molecule has 9 heteroatoms. The van der Waals surface area contributed by atoms with Gasteiger partial charge in [-0.2, -0.15) is 10.2 Å². The van der Waals surface area contributed by atoms with E-state index in [0.29, 0.717) is 28.6 Å². The lowest BCUT2D eigenvalue weighted by Gasteiger charge is -2.14. The van der Waals surface area contributed by atoms with Gasteiger partial charge in [0.25, 0.3) is 5.91 Å². The molecule has 0 aliphatic rings. The number of hydrogen-bond acceptors (Lipinski definition) is 4. The van der Waals surface area contributed by atoms with E-state index in [-0.39, 0.29) is 11.8 Å². The molecular formula is C15H21ClN6O2. The van der Waals surface area contributed by atoms with Crippen LogP contribution in [-0.2, 0) is 11.8 Å². The first kappa shape index (κ1) is 18.0. The molecule has 0 unspecified atom stereocenters. The molecule has 0 fully saturated rings. The van der Waals surface area contributed by atoms with Crippen molar-refractivity contribution in [3.63, 3.8) is 0 Å². The smallest absolute Gasteiger partial charge is 0.271 e. The summed E-state index contributed by atoms with van der Waals surface area (Å²) in [6.45, 7) is 6.01. The van der Waals surface area contributed by atoms with Gasteiger partial charge in [-0.1, -0.05) is 18.5 Å². The van der Waals surface area contributed by atoms with Crippen molar-refractivity contribution in [2.24, 2.45) is 7.05 Å². The van der Waals surface area contributed by atoms with Crippen molar-refractivity contribution in [3.8, 4) is 0 Å². The minimum Gasteiger partial charge on any atom is -0.351 e. The fraction of sp³-hybridized carbons (Fsp3) is 0.467. The molecule has 8 nitrogen and oxygen atoms in total. The van der Waals surface area contributed by atoms with Gasteiger partial charge in [0.1, 0.15) is 11.7 Å². The van der Waals surface area contributed by atoms with Crippen LogP contribution in [0.15, 0.2) is 12.4 Å². The zero-order chi connectivity index (χ0) is 17.9. The van der Waals surface area contributed by atoms with Crippen LogP contribution in [0.4, 0.5) is 5.69 Å². The highest BCUT2D eigenvalue weighted by Crippen LogP contribution is 2.20. The predicted molar refractivity (Wildman–Crippen MR) is 91.1 cm³/mol. The van der Waals surface area contributed by atoms with E-state index in [1.54, 1.807) is 20.9 Å². The lowest BCUT2D eigenvalue weighted by Crippen LogP contribution is -2.29. The van der Waals surface area contributed by atoms with Gasteiger partial charge in [0.2, 0.25) is 5.91 Å². The van der Waals surface area contributed by atoms with Gasteiger partial charge < -0.3 is 10.6 Å². The molecule has 0 aliphatic heterocycles. The first-order chi connectivity index (χ1) is 11.4. The Bertz CT molecular complexity index is 751. The summed E-state index contributed by atoms with van der Waals surface area (Å²) in [6.07, 6.45) is 3.77. The summed E-state index contributed by atoms with van der Waals surface area (Å²) in [5.74, 6) is -0.589. The Hall–Kier alpha value is -2.35. The highest BCUT2D eigenvalue weighted by molar-refractivity contribution is 6.31. The number of hydrogen-bond donors (Lipinski definition) is 2. The maximum absolute atomic E-state index is 12.5. The quantitative estimate of drug-likeness (QED) is 0.830. The van der Waals surface area contributed by atoms with Crippen LogP contribution in [0.5, 0.6) is 0 Å². The summed E-state index contributed by atoms with van der Waals surface area (Å²) in [6, 6.07) is -0.579. The Labute approximate surface area is 145 Å². The van der Waals surface area contributed by atoms with Gasteiger partial charge in [0, 0.05) is 13.6 Å². The van der Waals surface area contributed by atoms with Gasteiger partial charge in [-0.3, -0.25) is 19.0 Å². The van der Waals surface area contributed by atoms with Crippen molar-refractivity contribution in [2.75, 3.05) is 11.9 Å². The van der Waals surface area contributed by atoms with Gasteiger partial charge in [0.15, 0.2) is 0 Å². The van der Waals surface area contributed by atoms with E-state index in [2.05, 4.69) is 20.8 Å². The fourth-order valence-corrected chi connectivity index (χ4v) is 2.39. The molecule has 0 radical (unpaired) electrons. The van der Waals surface area contributed by atoms with E-state index in [9.17, 15) is 9.59 Å². The third kappa shape index (κ3) is 3.59. The summed E-state index contributed by atoms with van der Waals surface area (Å²) in [7, 11) is 1.65. The van der Waals surface area contributed by atoms with Crippen molar-refractivity contribution in [1.82, 2.24) is 24.9 Å². The fourth-order valence-electron chi connectivity index (χ4n) is 2.26. The zero-order valence-electron chi connectivity index (χ0n) is 14.1. The van der Waals surface area contributed by atoms with E-state index >= 15 is 0 Å². The molecule has 1 atom stereocenters. The van der Waals surface area contributed by atoms with Crippen LogP contribution in [-0.4, -0.2) is 37.9 Å². The topological polar surface area (TPSA) is 93.8 Å². The van der Waals surface area contributed by atoms with Gasteiger partial charge in [0.05, 0.1) is 28.8 Å². The molecule has 2 aromatic heterocycles. The van der Waals surface area contributed by atoms with Crippen molar-refractivity contribution >= 4 is 29.1 Å². The average Bonchev–Trinajstić information content (AvgIpc) is 3.07. The molecule has 24 heavy (non-hydrogen) atoms. The van der Waals surface area contributed by atoms with Crippen LogP contribution in [0.25, 0.3) is 0 Å². The monoisotopic (exact) mass is 352 g/mol. The third-order valence-electron chi connectivity index (χ3n) is 3.68. The third-order valence-corrected chi connectivity index (χ3v) is 4.05. The molecule has 0 spiro atoms. The molecular weight excluding hydrogens is 332 g/mol. The van der Waals surface area contributed by atoms with E-state index in [0.717, 1.165) is 6.42 Å². The Morgan fingerprint density at radius 2 is 2.04 bits per heavy atom. The van der Waals surface area contributed by atoms with Crippen LogP contribution in [0.3, 0.4) is 0 Å². The van der Waals surface area contributed by atoms with Crippen LogP contribution in [0, 0.1) is 6.92 Å². The molecule has 0 saturated heterocycles. The van der Waals surface area contributed by atoms with Gasteiger partial charge >= 0.3 is 0 Å². The molecule has 0 aliphatic carbocycles. The van der Waals surface area contributed by atoms with Gasteiger partial charge in [-0.05, 0) is 20.3 Å².